The van der Waals surface area contributed by atoms with Crippen LogP contribution in [0, 0.1) is 0 Å². The summed E-state index contributed by atoms with van der Waals surface area (Å²) in [4.78, 5) is 17.1. The number of halogens is 1. The van der Waals surface area contributed by atoms with E-state index < -0.39 is 0 Å². The molecule has 3 aromatic rings. The maximum Gasteiger partial charge on any atom is 0.321 e. The number of fused-ring (bicyclic) bond motifs is 1. The second-order valence-electron chi connectivity index (χ2n) is 7.89. The van der Waals surface area contributed by atoms with E-state index in [4.69, 9.17) is 21.1 Å². The molecule has 3 aromatic carbocycles. The molecule has 7 heteroatoms. The third kappa shape index (κ3) is 4.38. The van der Waals surface area contributed by atoms with E-state index in [9.17, 15) is 4.79 Å². The molecule has 164 valence electrons. The zero-order valence-electron chi connectivity index (χ0n) is 17.5. The molecule has 1 N–H and O–H groups in total. The van der Waals surface area contributed by atoms with Gasteiger partial charge in [0.25, 0.3) is 0 Å². The molecule has 0 aromatic heterocycles. The number of benzene rings is 3. The van der Waals surface area contributed by atoms with Gasteiger partial charge in [0.2, 0.25) is 6.79 Å². The Bertz CT molecular complexity index is 1080. The molecule has 1 saturated heterocycles. The molecular formula is C25H24ClN3O3. The van der Waals surface area contributed by atoms with Crippen LogP contribution in [0.3, 0.4) is 0 Å². The maximum absolute atomic E-state index is 12.8. The Balaban J connectivity index is 1.26. The molecule has 2 aliphatic heterocycles. The Kier molecular flexibility index (Phi) is 5.88. The number of urea groups is 1. The first-order valence-electron chi connectivity index (χ1n) is 10.7. The summed E-state index contributed by atoms with van der Waals surface area (Å²) < 4.78 is 10.7. The van der Waals surface area contributed by atoms with Gasteiger partial charge in [0.1, 0.15) is 0 Å². The van der Waals surface area contributed by atoms with Gasteiger partial charge >= 0.3 is 6.03 Å². The molecule has 0 spiro atoms. The van der Waals surface area contributed by atoms with Crippen LogP contribution in [0.15, 0.2) is 72.8 Å². The number of hydrogen-bond acceptors (Lipinski definition) is 4. The summed E-state index contributed by atoms with van der Waals surface area (Å²) in [7, 11) is 0. The molecule has 32 heavy (non-hydrogen) atoms. The van der Waals surface area contributed by atoms with Gasteiger partial charge in [0.15, 0.2) is 11.5 Å². The van der Waals surface area contributed by atoms with Gasteiger partial charge < -0.3 is 19.7 Å². The molecule has 0 saturated carbocycles. The Morgan fingerprint density at radius 2 is 1.53 bits per heavy atom. The number of piperazine rings is 1. The molecule has 6 nitrogen and oxygen atoms in total. The monoisotopic (exact) mass is 449 g/mol. The number of carbonyl (C=O) groups excluding carboxylic acids is 1. The van der Waals surface area contributed by atoms with Gasteiger partial charge in [-0.25, -0.2) is 4.79 Å². The van der Waals surface area contributed by atoms with Crippen LogP contribution in [0.2, 0.25) is 5.02 Å². The third-order valence-electron chi connectivity index (χ3n) is 5.89. The van der Waals surface area contributed by atoms with E-state index >= 15 is 0 Å². The lowest BCUT2D eigenvalue weighted by molar-refractivity contribution is 0.126. The van der Waals surface area contributed by atoms with Crippen molar-refractivity contribution in [3.05, 3.63) is 88.9 Å². The van der Waals surface area contributed by atoms with Crippen molar-refractivity contribution < 1.29 is 14.3 Å². The van der Waals surface area contributed by atoms with E-state index in [0.29, 0.717) is 30.3 Å². The Hall–Kier alpha value is -3.22. The van der Waals surface area contributed by atoms with Crippen LogP contribution in [-0.4, -0.2) is 48.8 Å². The standard InChI is InChI=1S/C25H24ClN3O3/c26-20-8-6-19(7-9-20)24(18-4-2-1-3-5-18)28-12-14-29(15-13-28)25(30)27-21-10-11-22-23(16-21)32-17-31-22/h1-11,16,24H,12-15,17H2,(H,27,30). The second-order valence-corrected chi connectivity index (χ2v) is 8.32. The summed E-state index contributed by atoms with van der Waals surface area (Å²) in [6.07, 6.45) is 0. The van der Waals surface area contributed by atoms with Crippen LogP contribution in [0.25, 0.3) is 0 Å². The van der Waals surface area contributed by atoms with Crippen molar-refractivity contribution in [3.63, 3.8) is 0 Å². The number of hydrogen-bond donors (Lipinski definition) is 1. The van der Waals surface area contributed by atoms with E-state index in [-0.39, 0.29) is 18.9 Å². The maximum atomic E-state index is 12.8. The van der Waals surface area contributed by atoms with Gasteiger partial charge in [-0.1, -0.05) is 54.1 Å². The van der Waals surface area contributed by atoms with Crippen molar-refractivity contribution in [2.24, 2.45) is 0 Å². The highest BCUT2D eigenvalue weighted by Crippen LogP contribution is 2.34. The first-order valence-corrected chi connectivity index (χ1v) is 11.1. The number of amides is 2. The Labute approximate surface area is 192 Å². The molecule has 0 radical (unpaired) electrons. The normalized spacial score (nSPS) is 16.6. The van der Waals surface area contributed by atoms with Crippen LogP contribution >= 0.6 is 11.6 Å². The van der Waals surface area contributed by atoms with Crippen LogP contribution < -0.4 is 14.8 Å². The minimum absolute atomic E-state index is 0.105. The molecule has 1 fully saturated rings. The number of rotatable bonds is 4. The average Bonchev–Trinajstić information content (AvgIpc) is 3.30. The number of nitrogens with one attached hydrogen (secondary N) is 1. The van der Waals surface area contributed by atoms with Gasteiger partial charge in [-0.05, 0) is 35.4 Å². The molecular weight excluding hydrogens is 426 g/mol. The fourth-order valence-corrected chi connectivity index (χ4v) is 4.38. The minimum atomic E-state index is -0.105. The van der Waals surface area contributed by atoms with Crippen molar-refractivity contribution in [3.8, 4) is 11.5 Å². The summed E-state index contributed by atoms with van der Waals surface area (Å²) in [5.74, 6) is 1.35. The Morgan fingerprint density at radius 1 is 0.844 bits per heavy atom. The largest absolute Gasteiger partial charge is 0.454 e. The molecule has 2 amide bonds. The highest BCUT2D eigenvalue weighted by Gasteiger charge is 2.28. The lowest BCUT2D eigenvalue weighted by Crippen LogP contribution is -2.51. The zero-order valence-corrected chi connectivity index (χ0v) is 18.3. The lowest BCUT2D eigenvalue weighted by atomic mass is 9.96. The summed E-state index contributed by atoms with van der Waals surface area (Å²) in [5, 5.41) is 3.70. The zero-order chi connectivity index (χ0) is 21.9. The molecule has 5 rings (SSSR count). The van der Waals surface area contributed by atoms with Crippen molar-refractivity contribution in [1.82, 2.24) is 9.80 Å². The van der Waals surface area contributed by atoms with Crippen LogP contribution in [0.1, 0.15) is 17.2 Å². The topological polar surface area (TPSA) is 54.0 Å². The predicted octanol–water partition coefficient (Wildman–Crippen LogP) is 5.01. The summed E-state index contributed by atoms with van der Waals surface area (Å²) in [6, 6.07) is 23.9. The number of carbonyl (C=O) groups is 1. The van der Waals surface area contributed by atoms with Gasteiger partial charge in [-0.2, -0.15) is 0 Å². The number of anilines is 1. The number of ether oxygens (including phenoxy) is 2. The van der Waals surface area contributed by atoms with Crippen molar-refractivity contribution >= 4 is 23.3 Å². The fraction of sp³-hybridized carbons (Fsp3) is 0.240. The minimum Gasteiger partial charge on any atom is -0.454 e. The van der Waals surface area contributed by atoms with Crippen molar-refractivity contribution in [1.29, 1.82) is 0 Å². The van der Waals surface area contributed by atoms with Gasteiger partial charge in [-0.15, -0.1) is 0 Å². The molecule has 1 atom stereocenters. The highest BCUT2D eigenvalue weighted by molar-refractivity contribution is 6.30. The van der Waals surface area contributed by atoms with Gasteiger partial charge in [0, 0.05) is 43.0 Å². The SMILES string of the molecule is O=C(Nc1ccc2c(c1)OCO2)N1CCN(C(c2ccccc2)c2ccc(Cl)cc2)CC1. The van der Waals surface area contributed by atoms with Crippen molar-refractivity contribution in [2.45, 2.75) is 6.04 Å². The summed E-state index contributed by atoms with van der Waals surface area (Å²) in [6.45, 7) is 3.05. The summed E-state index contributed by atoms with van der Waals surface area (Å²) >= 11 is 6.12. The van der Waals surface area contributed by atoms with E-state index in [1.807, 2.05) is 35.2 Å². The highest BCUT2D eigenvalue weighted by atomic mass is 35.5. The fourth-order valence-electron chi connectivity index (χ4n) is 4.25. The smallest absolute Gasteiger partial charge is 0.321 e. The van der Waals surface area contributed by atoms with Crippen LogP contribution in [0.4, 0.5) is 10.5 Å². The first kappa shape index (κ1) is 20.7. The van der Waals surface area contributed by atoms with E-state index in [2.05, 4.69) is 46.6 Å². The van der Waals surface area contributed by atoms with Crippen LogP contribution in [0.5, 0.6) is 11.5 Å². The first-order chi connectivity index (χ1) is 15.7. The summed E-state index contributed by atoms with van der Waals surface area (Å²) in [5.41, 5.74) is 3.12. The molecule has 2 heterocycles. The van der Waals surface area contributed by atoms with Crippen molar-refractivity contribution in [2.75, 3.05) is 38.3 Å². The van der Waals surface area contributed by atoms with E-state index in [0.717, 1.165) is 18.1 Å². The second kappa shape index (κ2) is 9.10. The quantitative estimate of drug-likeness (QED) is 0.608. The average molecular weight is 450 g/mol. The molecule has 0 bridgehead atoms. The third-order valence-corrected chi connectivity index (χ3v) is 6.14. The number of nitrogens with zero attached hydrogens (tertiary/aromatic N) is 2. The molecule has 2 aliphatic rings. The molecule has 1 unspecified atom stereocenters. The van der Waals surface area contributed by atoms with Gasteiger partial charge in [-0.3, -0.25) is 4.90 Å². The Morgan fingerprint density at radius 3 is 2.28 bits per heavy atom. The predicted molar refractivity (Wildman–Crippen MR) is 124 cm³/mol. The van der Waals surface area contributed by atoms with E-state index in [1.54, 1.807) is 6.07 Å². The van der Waals surface area contributed by atoms with E-state index in [1.165, 1.54) is 11.1 Å². The van der Waals surface area contributed by atoms with Gasteiger partial charge in [0.05, 0.1) is 6.04 Å². The lowest BCUT2D eigenvalue weighted by Gasteiger charge is -2.39. The molecule has 0 aliphatic carbocycles. The van der Waals surface area contributed by atoms with Crippen LogP contribution in [-0.2, 0) is 0 Å².